The first kappa shape index (κ1) is 18.1. The van der Waals surface area contributed by atoms with Crippen LogP contribution in [0.25, 0.3) is 0 Å². The van der Waals surface area contributed by atoms with Crippen LogP contribution in [-0.2, 0) is 6.42 Å². The van der Waals surface area contributed by atoms with Crippen LogP contribution in [-0.4, -0.2) is 15.8 Å². The number of nitrogens with one attached hydrogen (secondary N) is 1. The molecule has 2 aromatic carbocycles. The first-order valence-electron chi connectivity index (χ1n) is 8.58. The summed E-state index contributed by atoms with van der Waals surface area (Å²) < 4.78 is 0. The van der Waals surface area contributed by atoms with Gasteiger partial charge in [0.05, 0.1) is 0 Å². The van der Waals surface area contributed by atoms with E-state index in [4.69, 9.17) is 0 Å². The molecule has 1 atom stereocenters. The van der Waals surface area contributed by atoms with Crippen molar-refractivity contribution < 1.29 is 4.79 Å². The molecule has 0 spiro atoms. The van der Waals surface area contributed by atoms with E-state index in [1.54, 1.807) is 0 Å². The molecule has 0 saturated heterocycles. The zero-order valence-corrected chi connectivity index (χ0v) is 15.3. The maximum atomic E-state index is 13.1. The van der Waals surface area contributed by atoms with E-state index in [-0.39, 0.29) is 11.3 Å². The molecule has 0 aliphatic carbocycles. The Labute approximate surface area is 156 Å². The summed E-state index contributed by atoms with van der Waals surface area (Å²) in [5.74, 6) is -0.00894. The van der Waals surface area contributed by atoms with Gasteiger partial charge in [-0.15, -0.1) is 0 Å². The van der Waals surface area contributed by atoms with Crippen LogP contribution in [0.3, 0.4) is 0 Å². The molecule has 132 valence electrons. The summed E-state index contributed by atoms with van der Waals surface area (Å²) in [4.78, 5) is 32.3. The minimum atomic E-state index is -0.473. The Morgan fingerprint density at radius 3 is 2.38 bits per heavy atom. The molecule has 3 aromatic rings. The number of rotatable bonds is 7. The molecule has 0 fully saturated rings. The molecule has 1 N–H and O–H groups in total. The van der Waals surface area contributed by atoms with Crippen LogP contribution in [0.15, 0.2) is 76.7 Å². The fourth-order valence-electron chi connectivity index (χ4n) is 2.69. The highest BCUT2D eigenvalue weighted by atomic mass is 32.2. The molecular formula is C21H20N2O2S. The fraction of sp³-hybridized carbons (Fsp3) is 0.190. The maximum Gasteiger partial charge on any atom is 0.251 e. The minimum absolute atomic E-state index is 0.00894. The second-order valence-corrected chi connectivity index (χ2v) is 7.02. The monoisotopic (exact) mass is 364 g/mol. The molecule has 0 amide bonds. The Kier molecular flexibility index (Phi) is 6.02. The van der Waals surface area contributed by atoms with Crippen molar-refractivity contribution in [1.29, 1.82) is 0 Å². The number of carbonyl (C=O) groups is 1. The number of nitrogens with zero attached hydrogens (tertiary/aromatic N) is 1. The first-order valence-corrected chi connectivity index (χ1v) is 9.46. The van der Waals surface area contributed by atoms with Gasteiger partial charge in [-0.05, 0) is 12.0 Å². The number of hydrogen-bond acceptors (Lipinski definition) is 4. The Morgan fingerprint density at radius 1 is 1.08 bits per heavy atom. The summed E-state index contributed by atoms with van der Waals surface area (Å²) >= 11 is 1.28. The van der Waals surface area contributed by atoms with E-state index < -0.39 is 5.25 Å². The maximum absolute atomic E-state index is 13.1. The molecule has 1 unspecified atom stereocenters. The summed E-state index contributed by atoms with van der Waals surface area (Å²) in [7, 11) is 0. The Morgan fingerprint density at radius 2 is 1.73 bits per heavy atom. The van der Waals surface area contributed by atoms with E-state index in [1.165, 1.54) is 17.8 Å². The third-order valence-electron chi connectivity index (χ3n) is 3.91. The number of aromatic nitrogens is 2. The highest BCUT2D eigenvalue weighted by Gasteiger charge is 2.24. The smallest absolute Gasteiger partial charge is 0.251 e. The van der Waals surface area contributed by atoms with Crippen LogP contribution in [0.5, 0.6) is 0 Å². The average Bonchev–Trinajstić information content (AvgIpc) is 2.67. The summed E-state index contributed by atoms with van der Waals surface area (Å²) in [6.45, 7) is 2.04. The quantitative estimate of drug-likeness (QED) is 0.382. The third kappa shape index (κ3) is 4.49. The third-order valence-corrected chi connectivity index (χ3v) is 5.05. The van der Waals surface area contributed by atoms with Crippen molar-refractivity contribution in [3.8, 4) is 0 Å². The molecule has 26 heavy (non-hydrogen) atoms. The van der Waals surface area contributed by atoms with Crippen LogP contribution < -0.4 is 5.56 Å². The van der Waals surface area contributed by atoms with E-state index >= 15 is 0 Å². The number of hydrogen-bond donors (Lipinski definition) is 1. The lowest BCUT2D eigenvalue weighted by molar-refractivity contribution is 0.0989. The molecule has 3 rings (SSSR count). The van der Waals surface area contributed by atoms with E-state index in [0.717, 1.165) is 24.1 Å². The molecule has 1 heterocycles. The topological polar surface area (TPSA) is 62.8 Å². The van der Waals surface area contributed by atoms with Gasteiger partial charge in [-0.25, -0.2) is 4.98 Å². The lowest BCUT2D eigenvalue weighted by atomic mass is 10.0. The van der Waals surface area contributed by atoms with Crippen LogP contribution in [0.4, 0.5) is 0 Å². The molecular weight excluding hydrogens is 344 g/mol. The first-order chi connectivity index (χ1) is 12.7. The number of aryl methyl sites for hydroxylation is 1. The Bertz CT molecular complexity index is 924. The van der Waals surface area contributed by atoms with Gasteiger partial charge in [0.2, 0.25) is 0 Å². The highest BCUT2D eigenvalue weighted by molar-refractivity contribution is 8.00. The number of carbonyl (C=O) groups excluding carboxylic acids is 1. The van der Waals surface area contributed by atoms with Gasteiger partial charge in [-0.2, -0.15) is 0 Å². The van der Waals surface area contributed by atoms with E-state index in [9.17, 15) is 9.59 Å². The van der Waals surface area contributed by atoms with Gasteiger partial charge in [-0.3, -0.25) is 9.59 Å². The molecule has 0 aliphatic heterocycles. The largest absolute Gasteiger partial charge is 0.301 e. The van der Waals surface area contributed by atoms with Gasteiger partial charge in [-0.1, -0.05) is 85.8 Å². The van der Waals surface area contributed by atoms with Crippen molar-refractivity contribution >= 4 is 17.5 Å². The van der Waals surface area contributed by atoms with Crippen LogP contribution in [0, 0.1) is 0 Å². The normalized spacial score (nSPS) is 11.9. The second-order valence-electron chi connectivity index (χ2n) is 5.93. The van der Waals surface area contributed by atoms with E-state index in [0.29, 0.717) is 10.7 Å². The highest BCUT2D eigenvalue weighted by Crippen LogP contribution is 2.35. The number of Topliss-reactive ketones (excluding diaryl/α,β-unsaturated/α-hetero) is 1. The predicted molar refractivity (Wildman–Crippen MR) is 105 cm³/mol. The van der Waals surface area contributed by atoms with Gasteiger partial charge in [0.15, 0.2) is 10.9 Å². The molecule has 1 aromatic heterocycles. The predicted octanol–water partition coefficient (Wildman–Crippen LogP) is 4.44. The summed E-state index contributed by atoms with van der Waals surface area (Å²) in [5.41, 5.74) is 2.08. The van der Waals surface area contributed by atoms with Crippen LogP contribution in [0.1, 0.15) is 40.2 Å². The molecule has 0 radical (unpaired) electrons. The van der Waals surface area contributed by atoms with E-state index in [2.05, 4.69) is 9.97 Å². The average molecular weight is 364 g/mol. The van der Waals surface area contributed by atoms with E-state index in [1.807, 2.05) is 67.6 Å². The lowest BCUT2D eigenvalue weighted by Crippen LogP contribution is -2.14. The fourth-order valence-corrected chi connectivity index (χ4v) is 3.78. The van der Waals surface area contributed by atoms with Crippen molar-refractivity contribution in [2.75, 3.05) is 0 Å². The van der Waals surface area contributed by atoms with Crippen molar-refractivity contribution in [3.05, 3.63) is 93.9 Å². The summed E-state index contributed by atoms with van der Waals surface area (Å²) in [6.07, 6.45) is 1.64. The van der Waals surface area contributed by atoms with Crippen LogP contribution >= 0.6 is 11.8 Å². The van der Waals surface area contributed by atoms with Gasteiger partial charge < -0.3 is 4.98 Å². The SMILES string of the molecule is CCCc1cc(=O)[nH]c(SC(C(=O)c2ccccc2)c2ccccc2)n1. The Balaban J connectivity index is 1.97. The lowest BCUT2D eigenvalue weighted by Gasteiger charge is -2.16. The Hall–Kier alpha value is -2.66. The van der Waals surface area contributed by atoms with Crippen molar-refractivity contribution in [3.63, 3.8) is 0 Å². The number of thioether (sulfide) groups is 1. The van der Waals surface area contributed by atoms with Gasteiger partial charge in [0.1, 0.15) is 5.25 Å². The second kappa shape index (κ2) is 8.63. The standard InChI is InChI=1S/C21H20N2O2S/c1-2-9-17-14-18(24)23-21(22-17)26-20(16-12-7-4-8-13-16)19(25)15-10-5-3-6-11-15/h3-8,10-14,20H,2,9H2,1H3,(H,22,23,24). The molecule has 0 saturated carbocycles. The minimum Gasteiger partial charge on any atom is -0.301 e. The molecule has 4 nitrogen and oxygen atoms in total. The van der Waals surface area contributed by atoms with Crippen molar-refractivity contribution in [1.82, 2.24) is 9.97 Å². The van der Waals surface area contributed by atoms with Crippen LogP contribution in [0.2, 0.25) is 0 Å². The number of aromatic amines is 1. The van der Waals surface area contributed by atoms with Gasteiger partial charge >= 0.3 is 0 Å². The van der Waals surface area contributed by atoms with Gasteiger partial charge in [0.25, 0.3) is 5.56 Å². The number of benzene rings is 2. The van der Waals surface area contributed by atoms with Crippen molar-refractivity contribution in [2.45, 2.75) is 30.2 Å². The zero-order valence-electron chi connectivity index (χ0n) is 14.5. The summed E-state index contributed by atoms with van der Waals surface area (Å²) in [5, 5.41) is -0.00212. The van der Waals surface area contributed by atoms with Crippen molar-refractivity contribution in [2.24, 2.45) is 0 Å². The molecule has 5 heteroatoms. The molecule has 0 aliphatic rings. The molecule has 0 bridgehead atoms. The van der Waals surface area contributed by atoms with Gasteiger partial charge in [0, 0.05) is 17.3 Å². The number of H-pyrrole nitrogens is 1. The zero-order chi connectivity index (χ0) is 18.4. The number of ketones is 1. The summed E-state index contributed by atoms with van der Waals surface area (Å²) in [6, 6.07) is 20.3.